The van der Waals surface area contributed by atoms with E-state index < -0.39 is 120 Å². The molecule has 3 fully saturated rings. The number of carbonyl (C=O) groups is 6. The fourth-order valence-electron chi connectivity index (χ4n) is 10.4. The monoisotopic (exact) mass is 1020 g/mol. The molecule has 0 radical (unpaired) electrons. The molecule has 1 amide bonds. The summed E-state index contributed by atoms with van der Waals surface area (Å²) in [4.78, 5) is 85.1. The van der Waals surface area contributed by atoms with E-state index in [1.54, 1.807) is 58.9 Å². The van der Waals surface area contributed by atoms with E-state index in [9.17, 15) is 54.3 Å². The molecule has 1 aliphatic carbocycles. The highest BCUT2D eigenvalue weighted by molar-refractivity contribution is 6.39. The number of piperidine rings is 1. The van der Waals surface area contributed by atoms with Crippen LogP contribution in [0.4, 0.5) is 0 Å². The van der Waals surface area contributed by atoms with Crippen LogP contribution in [0.2, 0.25) is 0 Å². The Kier molecular flexibility index (Phi) is 23.2. The largest absolute Gasteiger partial charge is 0.460 e. The summed E-state index contributed by atoms with van der Waals surface area (Å²) in [5.74, 6) is -9.65. The van der Waals surface area contributed by atoms with Crippen molar-refractivity contribution in [1.29, 1.82) is 0 Å². The maximum absolute atomic E-state index is 14.5. The average Bonchev–Trinajstić information content (AvgIpc) is 3.36. The number of Topliss-reactive ketones (excluding diaryl/α,β-unsaturated/α-hetero) is 3. The molecular weight excluding hydrogens is 931 g/mol. The number of hydrogen-bond acceptors (Lipinski definition) is 16. The van der Waals surface area contributed by atoms with Gasteiger partial charge in [-0.3, -0.25) is 24.0 Å². The van der Waals surface area contributed by atoms with E-state index in [1.807, 2.05) is 26.0 Å². The van der Waals surface area contributed by atoms with Gasteiger partial charge in [0, 0.05) is 51.4 Å². The molecule has 1 saturated carbocycles. The predicted octanol–water partition coefficient (Wildman–Crippen LogP) is 5.07. The van der Waals surface area contributed by atoms with Gasteiger partial charge in [0.15, 0.2) is 5.78 Å². The van der Waals surface area contributed by atoms with Crippen molar-refractivity contribution in [3.8, 4) is 0 Å². The fraction of sp³-hybridized carbons (Fsp3) is 0.745. The van der Waals surface area contributed by atoms with Crippen LogP contribution in [0, 0.1) is 40.9 Å². The summed E-state index contributed by atoms with van der Waals surface area (Å²) in [5, 5.41) is 54.1. The minimum Gasteiger partial charge on any atom is -0.460 e. The maximum atomic E-state index is 14.5. The van der Waals surface area contributed by atoms with Gasteiger partial charge < -0.3 is 54.1 Å². The molecular formula is C55H85NO16. The number of amides is 1. The summed E-state index contributed by atoms with van der Waals surface area (Å²) < 4.78 is 29.4. The van der Waals surface area contributed by atoms with Gasteiger partial charge in [-0.15, -0.1) is 0 Å². The number of aliphatic hydroxyl groups excluding tert-OH is 4. The Bertz CT molecular complexity index is 1990. The molecule has 4 rings (SSSR count). The van der Waals surface area contributed by atoms with E-state index in [4.69, 9.17) is 23.7 Å². The molecule has 0 aromatic rings. The molecule has 3 unspecified atom stereocenters. The predicted molar refractivity (Wildman–Crippen MR) is 266 cm³/mol. The molecule has 72 heavy (non-hydrogen) atoms. The van der Waals surface area contributed by atoms with Crippen LogP contribution in [0.1, 0.15) is 132 Å². The molecule has 17 heteroatoms. The third kappa shape index (κ3) is 15.6. The second-order valence-electron chi connectivity index (χ2n) is 21.6. The van der Waals surface area contributed by atoms with Crippen LogP contribution in [0.5, 0.6) is 0 Å². The molecule has 2 saturated heterocycles. The maximum Gasteiger partial charge on any atom is 0.329 e. The topological polar surface area (TPSA) is 253 Å². The van der Waals surface area contributed by atoms with Gasteiger partial charge in [0.05, 0.1) is 31.5 Å². The van der Waals surface area contributed by atoms with Crippen molar-refractivity contribution in [1.82, 2.24) is 4.90 Å². The molecule has 17 nitrogen and oxygen atoms in total. The van der Waals surface area contributed by atoms with Crippen LogP contribution in [-0.4, -0.2) is 154 Å². The fourth-order valence-corrected chi connectivity index (χ4v) is 10.4. The summed E-state index contributed by atoms with van der Waals surface area (Å²) in [6.07, 6.45) is 8.11. The SMILES string of the molecule is COC1C[C@H](C[C@@H](C)[C@@H]2CC(=O)[C@H](C)/C=C(\C)[C@@H](O)[C@@H](OC)C(=O)[C@H](C)C[C@H](C)\C=C/C=C/C=C(\C)C(O)C[C@@H]3CC[C@@H](C)[C@@](O)(O3)C(=O)C(=O)N3CCCCC3C(=O)O2)CC[C@H]1OC(=O)C(C)(CO)CO. The number of hydrogen-bond donors (Lipinski definition) is 5. The molecule has 406 valence electrons. The van der Waals surface area contributed by atoms with Gasteiger partial charge in [-0.2, -0.15) is 0 Å². The van der Waals surface area contributed by atoms with Crippen molar-refractivity contribution in [2.45, 2.75) is 187 Å². The van der Waals surface area contributed by atoms with Crippen LogP contribution < -0.4 is 0 Å². The molecule has 5 N–H and O–H groups in total. The highest BCUT2D eigenvalue weighted by atomic mass is 16.6. The first kappa shape index (κ1) is 60.6. The number of aliphatic hydroxyl groups is 5. The molecule has 0 aromatic heterocycles. The lowest BCUT2D eigenvalue weighted by Crippen LogP contribution is -2.61. The van der Waals surface area contributed by atoms with Crippen molar-refractivity contribution in [2.24, 2.45) is 40.9 Å². The summed E-state index contributed by atoms with van der Waals surface area (Å²) in [6, 6.07) is -1.22. The number of carbonyl (C=O) groups excluding carboxylic acids is 6. The Morgan fingerprint density at radius 3 is 2.22 bits per heavy atom. The Morgan fingerprint density at radius 1 is 0.875 bits per heavy atom. The third-order valence-electron chi connectivity index (χ3n) is 15.6. The number of esters is 2. The highest BCUT2D eigenvalue weighted by Crippen LogP contribution is 2.38. The van der Waals surface area contributed by atoms with Gasteiger partial charge in [-0.25, -0.2) is 4.79 Å². The number of fused-ring (bicyclic) bond motifs is 3. The van der Waals surface area contributed by atoms with Crippen molar-refractivity contribution in [3.63, 3.8) is 0 Å². The van der Waals surface area contributed by atoms with Gasteiger partial charge in [-0.1, -0.05) is 71.1 Å². The zero-order valence-electron chi connectivity index (χ0n) is 44.3. The summed E-state index contributed by atoms with van der Waals surface area (Å²) in [5.41, 5.74) is -0.548. The second-order valence-corrected chi connectivity index (χ2v) is 21.6. The van der Waals surface area contributed by atoms with Crippen molar-refractivity contribution in [2.75, 3.05) is 34.0 Å². The van der Waals surface area contributed by atoms with Crippen LogP contribution in [0.3, 0.4) is 0 Å². The van der Waals surface area contributed by atoms with Crippen molar-refractivity contribution < 1.29 is 78.0 Å². The van der Waals surface area contributed by atoms with Crippen LogP contribution in [0.25, 0.3) is 0 Å². The number of methoxy groups -OCH3 is 2. The molecule has 0 aromatic carbocycles. The number of cyclic esters (lactones) is 1. The lowest BCUT2D eigenvalue weighted by molar-refractivity contribution is -0.265. The van der Waals surface area contributed by atoms with Gasteiger partial charge in [0.25, 0.3) is 11.7 Å². The van der Waals surface area contributed by atoms with Gasteiger partial charge in [-0.05, 0) is 114 Å². The van der Waals surface area contributed by atoms with Crippen LogP contribution in [0.15, 0.2) is 47.6 Å². The van der Waals surface area contributed by atoms with E-state index >= 15 is 0 Å². The normalized spacial score (nSPS) is 37.8. The van der Waals surface area contributed by atoms with Gasteiger partial charge in [0.2, 0.25) is 5.79 Å². The van der Waals surface area contributed by atoms with E-state index in [0.717, 1.165) is 4.90 Å². The first-order valence-electron chi connectivity index (χ1n) is 26.0. The Balaban J connectivity index is 1.68. The molecule has 4 aliphatic rings. The van der Waals surface area contributed by atoms with Gasteiger partial charge in [0.1, 0.15) is 41.7 Å². The minimum absolute atomic E-state index is 0.0247. The second kappa shape index (κ2) is 27.6. The Hall–Kier alpha value is -3.94. The molecule has 3 heterocycles. The number of nitrogens with zero attached hydrogens (tertiary/aromatic N) is 1. The molecule has 3 aliphatic heterocycles. The van der Waals surface area contributed by atoms with Crippen LogP contribution in [-0.2, 0) is 52.5 Å². The first-order valence-corrected chi connectivity index (χ1v) is 26.0. The molecule has 0 spiro atoms. The lowest BCUT2D eigenvalue weighted by atomic mass is 9.78. The quantitative estimate of drug-likeness (QED) is 0.115. The van der Waals surface area contributed by atoms with E-state index in [-0.39, 0.29) is 49.2 Å². The van der Waals surface area contributed by atoms with Crippen molar-refractivity contribution in [3.05, 3.63) is 47.6 Å². The Labute approximate surface area is 426 Å². The molecule has 2 bridgehead atoms. The Morgan fingerprint density at radius 2 is 1.57 bits per heavy atom. The van der Waals surface area contributed by atoms with Crippen molar-refractivity contribution >= 4 is 35.2 Å². The minimum atomic E-state index is -2.52. The number of ether oxygens (including phenoxy) is 5. The zero-order chi connectivity index (χ0) is 53.7. The number of ketones is 3. The smallest absolute Gasteiger partial charge is 0.329 e. The van der Waals surface area contributed by atoms with E-state index in [0.29, 0.717) is 68.9 Å². The molecule has 15 atom stereocenters. The summed E-state index contributed by atoms with van der Waals surface area (Å²) in [7, 11) is 2.85. The summed E-state index contributed by atoms with van der Waals surface area (Å²) in [6.45, 7) is 12.4. The number of allylic oxidation sites excluding steroid dienone is 6. The lowest BCUT2D eigenvalue weighted by Gasteiger charge is -2.42. The van der Waals surface area contributed by atoms with E-state index in [2.05, 4.69) is 0 Å². The van der Waals surface area contributed by atoms with Crippen LogP contribution >= 0.6 is 0 Å². The zero-order valence-corrected chi connectivity index (χ0v) is 44.3. The van der Waals surface area contributed by atoms with Gasteiger partial charge >= 0.3 is 11.9 Å². The average molecular weight is 1020 g/mol. The van der Waals surface area contributed by atoms with E-state index in [1.165, 1.54) is 21.1 Å². The highest BCUT2D eigenvalue weighted by Gasteiger charge is 2.53. The first-order chi connectivity index (χ1) is 33.9. The standard InChI is InChI=1S/C55H85NO16/c1-32-16-12-11-13-17-33(2)42(59)28-40-21-19-38(7)55(67,72-40)50(63)51(64)56-23-15-14-18-41(56)52(65)70-45(29-43(60)34(3)25-37(6)48(62)49(69-10)47(61)36(5)24-32)35(4)26-39-20-22-44(46(27-39)68-9)71-53(66)54(8,30-57)31-58/h11-13,16-17,25,32,34-36,38-42,44-46,48-49,57-59,62,67H,14-15,18-24,26-31H2,1-10H3/b13-11+,16-12-,33-17+,37-25+/t32-,34-,35-,36-,38-,39+,40+,41?,42?,44-,45+,46?,48-,49+,55-/m1/s1. The summed E-state index contributed by atoms with van der Waals surface area (Å²) >= 11 is 0. The third-order valence-corrected chi connectivity index (χ3v) is 15.6. The number of rotatable bonds is 9.